The number of H-pyrrole nitrogens is 1. The fourth-order valence-corrected chi connectivity index (χ4v) is 1.58. The summed E-state index contributed by atoms with van der Waals surface area (Å²) in [4.78, 5) is 0. The molecule has 1 aromatic carbocycles. The van der Waals surface area contributed by atoms with Crippen molar-refractivity contribution in [1.29, 1.82) is 0 Å². The fraction of sp³-hybridized carbons (Fsp3) is 0.273. The van der Waals surface area contributed by atoms with E-state index in [0.717, 1.165) is 17.8 Å². The van der Waals surface area contributed by atoms with Crippen LogP contribution >= 0.6 is 0 Å². The highest BCUT2D eigenvalue weighted by Crippen LogP contribution is 2.19. The summed E-state index contributed by atoms with van der Waals surface area (Å²) in [5.41, 5.74) is 8.69. The Morgan fingerprint density at radius 3 is 2.67 bits per heavy atom. The van der Waals surface area contributed by atoms with Crippen molar-refractivity contribution in [1.82, 2.24) is 15.4 Å². The molecule has 2 aromatic rings. The standard InChI is InChI=1S/C11H14N4/c1-8(6-11-7-13-15-14-11)9-2-4-10(12)5-3-9/h2-5,7-8H,6,12H2,1H3,(H,13,14,15). The van der Waals surface area contributed by atoms with Crippen LogP contribution in [-0.4, -0.2) is 15.4 Å². The van der Waals surface area contributed by atoms with Crippen molar-refractivity contribution in [2.24, 2.45) is 0 Å². The summed E-state index contributed by atoms with van der Waals surface area (Å²) in [5, 5.41) is 10.4. The molecule has 1 heterocycles. The first-order valence-corrected chi connectivity index (χ1v) is 4.96. The molecule has 0 saturated carbocycles. The van der Waals surface area contributed by atoms with E-state index < -0.39 is 0 Å². The number of rotatable bonds is 3. The Morgan fingerprint density at radius 2 is 2.07 bits per heavy atom. The molecule has 1 aromatic heterocycles. The van der Waals surface area contributed by atoms with E-state index in [1.807, 2.05) is 12.1 Å². The zero-order valence-corrected chi connectivity index (χ0v) is 8.64. The quantitative estimate of drug-likeness (QED) is 0.745. The van der Waals surface area contributed by atoms with Gasteiger partial charge in [0.15, 0.2) is 0 Å². The van der Waals surface area contributed by atoms with Crippen LogP contribution in [0.4, 0.5) is 5.69 Å². The third kappa shape index (κ3) is 2.34. The first kappa shape index (κ1) is 9.71. The lowest BCUT2D eigenvalue weighted by Gasteiger charge is -2.09. The SMILES string of the molecule is CC(Cc1cn[nH]n1)c1ccc(N)cc1. The van der Waals surface area contributed by atoms with Crippen LogP contribution in [0.1, 0.15) is 24.1 Å². The molecule has 0 aliphatic heterocycles. The van der Waals surface area contributed by atoms with Crippen LogP contribution in [0.15, 0.2) is 30.5 Å². The first-order chi connectivity index (χ1) is 7.25. The van der Waals surface area contributed by atoms with E-state index in [1.54, 1.807) is 6.20 Å². The second-order valence-electron chi connectivity index (χ2n) is 3.73. The lowest BCUT2D eigenvalue weighted by atomic mass is 9.96. The second-order valence-corrected chi connectivity index (χ2v) is 3.73. The molecule has 0 bridgehead atoms. The minimum atomic E-state index is 0.427. The molecule has 0 spiro atoms. The van der Waals surface area contributed by atoms with E-state index in [2.05, 4.69) is 34.5 Å². The average Bonchev–Trinajstić information content (AvgIpc) is 2.71. The van der Waals surface area contributed by atoms with Gasteiger partial charge in [-0.05, 0) is 30.0 Å². The summed E-state index contributed by atoms with van der Waals surface area (Å²) in [5.74, 6) is 0.427. The van der Waals surface area contributed by atoms with E-state index in [-0.39, 0.29) is 0 Å². The zero-order valence-electron chi connectivity index (χ0n) is 8.64. The van der Waals surface area contributed by atoms with Crippen molar-refractivity contribution in [3.63, 3.8) is 0 Å². The molecule has 1 atom stereocenters. The predicted molar refractivity (Wildman–Crippen MR) is 59.4 cm³/mol. The van der Waals surface area contributed by atoms with Gasteiger partial charge in [-0.15, -0.1) is 0 Å². The van der Waals surface area contributed by atoms with Gasteiger partial charge in [-0.2, -0.15) is 15.4 Å². The second kappa shape index (κ2) is 4.13. The Labute approximate surface area is 88.5 Å². The number of nitrogens with two attached hydrogens (primary N) is 1. The summed E-state index contributed by atoms with van der Waals surface area (Å²) in [6, 6.07) is 7.96. The molecule has 0 fully saturated rings. The van der Waals surface area contributed by atoms with E-state index >= 15 is 0 Å². The molecule has 15 heavy (non-hydrogen) atoms. The first-order valence-electron chi connectivity index (χ1n) is 4.96. The van der Waals surface area contributed by atoms with Gasteiger partial charge in [0.25, 0.3) is 0 Å². The van der Waals surface area contributed by atoms with Crippen LogP contribution < -0.4 is 5.73 Å². The molecular formula is C11H14N4. The minimum absolute atomic E-state index is 0.427. The highest BCUT2D eigenvalue weighted by molar-refractivity contribution is 5.40. The minimum Gasteiger partial charge on any atom is -0.399 e. The molecule has 0 radical (unpaired) electrons. The number of anilines is 1. The van der Waals surface area contributed by atoms with E-state index in [4.69, 9.17) is 5.73 Å². The zero-order chi connectivity index (χ0) is 10.7. The molecule has 1 unspecified atom stereocenters. The highest BCUT2D eigenvalue weighted by Gasteiger charge is 2.07. The van der Waals surface area contributed by atoms with Gasteiger partial charge < -0.3 is 5.73 Å². The number of nitrogens with one attached hydrogen (secondary N) is 1. The number of hydrogen-bond acceptors (Lipinski definition) is 3. The summed E-state index contributed by atoms with van der Waals surface area (Å²) in [7, 11) is 0. The monoisotopic (exact) mass is 202 g/mol. The van der Waals surface area contributed by atoms with Crippen molar-refractivity contribution in [2.75, 3.05) is 5.73 Å². The summed E-state index contributed by atoms with van der Waals surface area (Å²) < 4.78 is 0. The number of benzene rings is 1. The fourth-order valence-electron chi connectivity index (χ4n) is 1.58. The number of nitrogen functional groups attached to an aromatic ring is 1. The van der Waals surface area contributed by atoms with Gasteiger partial charge in [0.1, 0.15) is 0 Å². The van der Waals surface area contributed by atoms with Crippen molar-refractivity contribution in [3.05, 3.63) is 41.7 Å². The number of aromatic amines is 1. The van der Waals surface area contributed by atoms with Crippen LogP contribution in [0.25, 0.3) is 0 Å². The topological polar surface area (TPSA) is 67.6 Å². The van der Waals surface area contributed by atoms with Gasteiger partial charge in [-0.25, -0.2) is 0 Å². The lowest BCUT2D eigenvalue weighted by Crippen LogP contribution is -1.99. The van der Waals surface area contributed by atoms with Gasteiger partial charge in [-0.3, -0.25) is 0 Å². The maximum Gasteiger partial charge on any atom is 0.0830 e. The molecule has 0 amide bonds. The van der Waals surface area contributed by atoms with Gasteiger partial charge in [0.05, 0.1) is 11.9 Å². The smallest absolute Gasteiger partial charge is 0.0830 e. The Hall–Kier alpha value is -1.84. The van der Waals surface area contributed by atoms with Crippen LogP contribution in [0.3, 0.4) is 0 Å². The summed E-state index contributed by atoms with van der Waals surface area (Å²) in [6.07, 6.45) is 2.65. The molecule has 4 heteroatoms. The predicted octanol–water partition coefficient (Wildman–Crippen LogP) is 1.73. The molecule has 2 rings (SSSR count). The number of hydrogen-bond donors (Lipinski definition) is 2. The molecule has 0 aliphatic carbocycles. The van der Waals surface area contributed by atoms with Gasteiger partial charge in [0.2, 0.25) is 0 Å². The van der Waals surface area contributed by atoms with Crippen LogP contribution in [0.5, 0.6) is 0 Å². The third-order valence-corrected chi connectivity index (χ3v) is 2.49. The molecule has 4 nitrogen and oxygen atoms in total. The van der Waals surface area contributed by atoms with E-state index in [9.17, 15) is 0 Å². The maximum atomic E-state index is 5.64. The maximum absolute atomic E-state index is 5.64. The number of nitrogens with zero attached hydrogens (tertiary/aromatic N) is 2. The lowest BCUT2D eigenvalue weighted by molar-refractivity contribution is 0.736. The summed E-state index contributed by atoms with van der Waals surface area (Å²) in [6.45, 7) is 2.17. The average molecular weight is 202 g/mol. The van der Waals surface area contributed by atoms with Crippen LogP contribution in [0, 0.1) is 0 Å². The Morgan fingerprint density at radius 1 is 1.33 bits per heavy atom. The Balaban J connectivity index is 2.08. The summed E-state index contributed by atoms with van der Waals surface area (Å²) >= 11 is 0. The molecule has 78 valence electrons. The highest BCUT2D eigenvalue weighted by atomic mass is 15.3. The van der Waals surface area contributed by atoms with E-state index in [1.165, 1.54) is 5.56 Å². The van der Waals surface area contributed by atoms with Gasteiger partial charge in [0, 0.05) is 5.69 Å². The van der Waals surface area contributed by atoms with Crippen molar-refractivity contribution >= 4 is 5.69 Å². The van der Waals surface area contributed by atoms with Crippen LogP contribution in [-0.2, 0) is 6.42 Å². The molecule has 0 aliphatic rings. The van der Waals surface area contributed by atoms with Crippen molar-refractivity contribution in [2.45, 2.75) is 19.3 Å². The molecule has 0 saturated heterocycles. The van der Waals surface area contributed by atoms with E-state index in [0.29, 0.717) is 5.92 Å². The molecule has 3 N–H and O–H groups in total. The van der Waals surface area contributed by atoms with Crippen LogP contribution in [0.2, 0.25) is 0 Å². The van der Waals surface area contributed by atoms with Gasteiger partial charge >= 0.3 is 0 Å². The largest absolute Gasteiger partial charge is 0.399 e. The van der Waals surface area contributed by atoms with Crippen molar-refractivity contribution in [3.8, 4) is 0 Å². The normalized spacial score (nSPS) is 12.6. The molecular weight excluding hydrogens is 188 g/mol. The van der Waals surface area contributed by atoms with Gasteiger partial charge in [-0.1, -0.05) is 19.1 Å². The number of aromatic nitrogens is 3. The third-order valence-electron chi connectivity index (χ3n) is 2.49. The Kier molecular flexibility index (Phi) is 2.67. The van der Waals surface area contributed by atoms with Crippen molar-refractivity contribution < 1.29 is 0 Å². The Bertz CT molecular complexity index is 405.